The molecule has 1 saturated heterocycles. The molecule has 1 N–H and O–H groups in total. The molecule has 1 aromatic heterocycles. The number of hydrogen-bond donors (Lipinski definition) is 1. The number of rotatable bonds is 5. The van der Waals surface area contributed by atoms with Gasteiger partial charge in [-0.1, -0.05) is 60.7 Å². The van der Waals surface area contributed by atoms with Crippen molar-refractivity contribution < 1.29 is 4.79 Å². The van der Waals surface area contributed by atoms with Crippen LogP contribution in [0.4, 0.5) is 5.95 Å². The van der Waals surface area contributed by atoms with Crippen LogP contribution in [0.15, 0.2) is 79.1 Å². The van der Waals surface area contributed by atoms with E-state index in [-0.39, 0.29) is 11.8 Å². The van der Waals surface area contributed by atoms with Gasteiger partial charge in [-0.05, 0) is 37.0 Å². The molecule has 2 heterocycles. The minimum absolute atomic E-state index is 0.0123. The third kappa shape index (κ3) is 4.14. The van der Waals surface area contributed by atoms with Gasteiger partial charge in [-0.15, -0.1) is 0 Å². The molecule has 0 aliphatic carbocycles. The van der Waals surface area contributed by atoms with Crippen LogP contribution >= 0.6 is 0 Å². The van der Waals surface area contributed by atoms with E-state index in [4.69, 9.17) is 0 Å². The van der Waals surface area contributed by atoms with Crippen molar-refractivity contribution in [2.75, 3.05) is 18.0 Å². The van der Waals surface area contributed by atoms with Crippen LogP contribution in [0.5, 0.6) is 0 Å². The molecule has 0 unspecified atom stereocenters. The Hall–Kier alpha value is -3.21. The molecular formula is C24H26N4O. The van der Waals surface area contributed by atoms with Crippen LogP contribution in [-0.4, -0.2) is 29.0 Å². The minimum Gasteiger partial charge on any atom is -0.343 e. The Labute approximate surface area is 171 Å². The first kappa shape index (κ1) is 19.1. The SMILES string of the molecule is CC(NC(=O)C1CCN(c2ncccn2)CC1)(c1ccccc1)c1ccccc1. The first-order valence-electron chi connectivity index (χ1n) is 10.1. The molecule has 1 fully saturated rings. The fourth-order valence-corrected chi connectivity index (χ4v) is 4.00. The van der Waals surface area contributed by atoms with Gasteiger partial charge in [0.1, 0.15) is 0 Å². The van der Waals surface area contributed by atoms with E-state index in [0.29, 0.717) is 0 Å². The molecule has 148 valence electrons. The average Bonchev–Trinajstić information content (AvgIpc) is 2.81. The molecule has 0 spiro atoms. The molecule has 0 radical (unpaired) electrons. The zero-order valence-corrected chi connectivity index (χ0v) is 16.7. The smallest absolute Gasteiger partial charge is 0.225 e. The Morgan fingerprint density at radius 2 is 1.41 bits per heavy atom. The molecule has 0 atom stereocenters. The highest BCUT2D eigenvalue weighted by atomic mass is 16.2. The molecule has 2 aromatic carbocycles. The van der Waals surface area contributed by atoms with Gasteiger partial charge in [0.05, 0.1) is 5.54 Å². The first-order chi connectivity index (χ1) is 14.2. The summed E-state index contributed by atoms with van der Waals surface area (Å²) in [6.45, 7) is 3.66. The molecule has 0 bridgehead atoms. The van der Waals surface area contributed by atoms with E-state index in [1.54, 1.807) is 12.4 Å². The van der Waals surface area contributed by atoms with Gasteiger partial charge in [-0.3, -0.25) is 4.79 Å². The lowest BCUT2D eigenvalue weighted by Gasteiger charge is -2.36. The normalized spacial score (nSPS) is 15.1. The molecule has 1 aliphatic rings. The highest BCUT2D eigenvalue weighted by molar-refractivity contribution is 5.80. The van der Waals surface area contributed by atoms with Gasteiger partial charge in [0, 0.05) is 31.4 Å². The maximum absolute atomic E-state index is 13.2. The van der Waals surface area contributed by atoms with E-state index in [1.165, 1.54) is 0 Å². The van der Waals surface area contributed by atoms with Crippen molar-refractivity contribution in [2.45, 2.75) is 25.3 Å². The third-order valence-corrected chi connectivity index (χ3v) is 5.78. The third-order valence-electron chi connectivity index (χ3n) is 5.78. The first-order valence-corrected chi connectivity index (χ1v) is 10.1. The fourth-order valence-electron chi connectivity index (χ4n) is 4.00. The maximum Gasteiger partial charge on any atom is 0.225 e. The number of carbonyl (C=O) groups excluding carboxylic acids is 1. The Morgan fingerprint density at radius 1 is 0.897 bits per heavy atom. The van der Waals surface area contributed by atoms with Gasteiger partial charge in [-0.25, -0.2) is 9.97 Å². The van der Waals surface area contributed by atoms with Crippen molar-refractivity contribution in [2.24, 2.45) is 5.92 Å². The lowest BCUT2D eigenvalue weighted by molar-refractivity contribution is -0.127. The summed E-state index contributed by atoms with van der Waals surface area (Å²) < 4.78 is 0. The number of aromatic nitrogens is 2. The monoisotopic (exact) mass is 386 g/mol. The minimum atomic E-state index is -0.570. The quantitative estimate of drug-likeness (QED) is 0.725. The molecule has 5 nitrogen and oxygen atoms in total. The Balaban J connectivity index is 1.49. The van der Waals surface area contributed by atoms with E-state index >= 15 is 0 Å². The predicted molar refractivity (Wildman–Crippen MR) is 114 cm³/mol. The largest absolute Gasteiger partial charge is 0.343 e. The second kappa shape index (κ2) is 8.43. The number of hydrogen-bond acceptors (Lipinski definition) is 4. The summed E-state index contributed by atoms with van der Waals surface area (Å²) in [6.07, 6.45) is 5.10. The Bertz CT molecular complexity index is 883. The average molecular weight is 386 g/mol. The van der Waals surface area contributed by atoms with Crippen molar-refractivity contribution in [3.8, 4) is 0 Å². The standard InChI is InChI=1S/C24H26N4O/c1-24(20-9-4-2-5-10-20,21-11-6-3-7-12-21)27-22(29)19-13-17-28(18-14-19)23-25-15-8-16-26-23/h2-12,15-16,19H,13-14,17-18H2,1H3,(H,27,29). The van der Waals surface area contributed by atoms with E-state index in [1.807, 2.05) is 42.5 Å². The van der Waals surface area contributed by atoms with Crippen LogP contribution in [0, 0.1) is 5.92 Å². The summed E-state index contributed by atoms with van der Waals surface area (Å²) in [5.74, 6) is 0.834. The maximum atomic E-state index is 13.2. The summed E-state index contributed by atoms with van der Waals surface area (Å²) >= 11 is 0. The van der Waals surface area contributed by atoms with Crippen LogP contribution < -0.4 is 10.2 Å². The van der Waals surface area contributed by atoms with E-state index in [2.05, 4.69) is 51.4 Å². The van der Waals surface area contributed by atoms with Crippen molar-refractivity contribution >= 4 is 11.9 Å². The van der Waals surface area contributed by atoms with Gasteiger partial charge < -0.3 is 10.2 Å². The Kier molecular flexibility index (Phi) is 5.56. The molecule has 3 aromatic rings. The second-order valence-electron chi connectivity index (χ2n) is 7.66. The summed E-state index contributed by atoms with van der Waals surface area (Å²) in [6, 6.07) is 22.2. The number of amides is 1. The van der Waals surface area contributed by atoms with Crippen LogP contribution in [0.1, 0.15) is 30.9 Å². The summed E-state index contributed by atoms with van der Waals surface area (Å²) in [4.78, 5) is 24.0. The topological polar surface area (TPSA) is 58.1 Å². The van der Waals surface area contributed by atoms with Crippen molar-refractivity contribution in [3.63, 3.8) is 0 Å². The van der Waals surface area contributed by atoms with Crippen molar-refractivity contribution in [1.29, 1.82) is 0 Å². The number of benzene rings is 2. The molecule has 1 aliphatic heterocycles. The van der Waals surface area contributed by atoms with Gasteiger partial charge in [0.2, 0.25) is 11.9 Å². The van der Waals surface area contributed by atoms with E-state index in [0.717, 1.165) is 43.0 Å². The van der Waals surface area contributed by atoms with Gasteiger partial charge in [0.15, 0.2) is 0 Å². The second-order valence-corrected chi connectivity index (χ2v) is 7.66. The van der Waals surface area contributed by atoms with Crippen LogP contribution in [0.2, 0.25) is 0 Å². The molecule has 0 saturated carbocycles. The van der Waals surface area contributed by atoms with E-state index in [9.17, 15) is 4.79 Å². The number of anilines is 1. The zero-order valence-electron chi connectivity index (χ0n) is 16.7. The molecule has 29 heavy (non-hydrogen) atoms. The lowest BCUT2D eigenvalue weighted by atomic mass is 9.83. The molecular weight excluding hydrogens is 360 g/mol. The number of nitrogens with zero attached hydrogens (tertiary/aromatic N) is 3. The summed E-state index contributed by atoms with van der Waals surface area (Å²) in [5.41, 5.74) is 1.59. The summed E-state index contributed by atoms with van der Waals surface area (Å²) in [5, 5.41) is 3.36. The number of carbonyl (C=O) groups is 1. The predicted octanol–water partition coefficient (Wildman–Crippen LogP) is 3.77. The lowest BCUT2D eigenvalue weighted by Crippen LogP contribution is -2.49. The van der Waals surface area contributed by atoms with Crippen molar-refractivity contribution in [1.82, 2.24) is 15.3 Å². The molecule has 1 amide bonds. The van der Waals surface area contributed by atoms with E-state index < -0.39 is 5.54 Å². The highest BCUT2D eigenvalue weighted by Crippen LogP contribution is 2.30. The van der Waals surface area contributed by atoms with Crippen LogP contribution in [0.3, 0.4) is 0 Å². The fraction of sp³-hybridized carbons (Fsp3) is 0.292. The summed E-state index contributed by atoms with van der Waals surface area (Å²) in [7, 11) is 0. The van der Waals surface area contributed by atoms with Crippen molar-refractivity contribution in [3.05, 3.63) is 90.3 Å². The van der Waals surface area contributed by atoms with Crippen LogP contribution in [-0.2, 0) is 10.3 Å². The molecule has 5 heteroatoms. The molecule has 4 rings (SSSR count). The van der Waals surface area contributed by atoms with Gasteiger partial charge in [-0.2, -0.15) is 0 Å². The van der Waals surface area contributed by atoms with Gasteiger partial charge >= 0.3 is 0 Å². The number of piperidine rings is 1. The van der Waals surface area contributed by atoms with Gasteiger partial charge in [0.25, 0.3) is 0 Å². The highest BCUT2D eigenvalue weighted by Gasteiger charge is 2.34. The van der Waals surface area contributed by atoms with Crippen LogP contribution in [0.25, 0.3) is 0 Å². The Morgan fingerprint density at radius 3 is 1.93 bits per heavy atom. The zero-order chi connectivity index (χ0) is 20.1. The number of nitrogens with one attached hydrogen (secondary N) is 1.